The normalized spacial score (nSPS) is 15.5. The maximum atomic E-state index is 13.7. The number of likely N-dealkylation sites (tertiary alicyclic amines) is 1. The van der Waals surface area contributed by atoms with Gasteiger partial charge in [0.2, 0.25) is 0 Å². The van der Waals surface area contributed by atoms with Gasteiger partial charge < -0.3 is 19.8 Å². The zero-order valence-corrected chi connectivity index (χ0v) is 17.9. The molecule has 1 amide bonds. The summed E-state index contributed by atoms with van der Waals surface area (Å²) in [6.07, 6.45) is 2.82. The van der Waals surface area contributed by atoms with Gasteiger partial charge >= 0.3 is 0 Å². The lowest BCUT2D eigenvalue weighted by atomic mass is 10.0. The summed E-state index contributed by atoms with van der Waals surface area (Å²) in [5.74, 6) is -1.30. The van der Waals surface area contributed by atoms with E-state index in [2.05, 4.69) is 9.88 Å². The Morgan fingerprint density at radius 3 is 2.48 bits per heavy atom. The van der Waals surface area contributed by atoms with Crippen LogP contribution < -0.4 is 11.3 Å². The van der Waals surface area contributed by atoms with Crippen molar-refractivity contribution in [1.82, 2.24) is 19.0 Å². The van der Waals surface area contributed by atoms with Crippen LogP contribution in [0.5, 0.6) is 0 Å². The fourth-order valence-corrected chi connectivity index (χ4v) is 4.80. The number of aromatic nitrogens is 3. The molecule has 0 bridgehead atoms. The van der Waals surface area contributed by atoms with Gasteiger partial charge in [-0.2, -0.15) is 0 Å². The van der Waals surface area contributed by atoms with Gasteiger partial charge in [0.25, 0.3) is 11.5 Å². The van der Waals surface area contributed by atoms with E-state index in [1.54, 1.807) is 22.8 Å². The van der Waals surface area contributed by atoms with Gasteiger partial charge in [0, 0.05) is 43.1 Å². The Hall–Kier alpha value is -3.59. The predicted molar refractivity (Wildman–Crippen MR) is 121 cm³/mol. The average Bonchev–Trinajstić information content (AvgIpc) is 3.17. The second-order valence-corrected chi connectivity index (χ2v) is 8.42. The Morgan fingerprint density at radius 1 is 1.00 bits per heavy atom. The van der Waals surface area contributed by atoms with Crippen LogP contribution in [0, 0.1) is 11.6 Å². The van der Waals surface area contributed by atoms with E-state index in [1.807, 2.05) is 4.57 Å². The Morgan fingerprint density at radius 2 is 1.73 bits per heavy atom. The van der Waals surface area contributed by atoms with Gasteiger partial charge in [0.1, 0.15) is 17.3 Å². The first-order valence-corrected chi connectivity index (χ1v) is 10.9. The number of fused-ring (bicyclic) bond motifs is 2. The molecule has 0 atom stereocenters. The van der Waals surface area contributed by atoms with Crippen LogP contribution in [0.2, 0.25) is 0 Å². The number of rotatable bonds is 5. The zero-order chi connectivity index (χ0) is 23.1. The zero-order valence-electron chi connectivity index (χ0n) is 17.9. The third kappa shape index (κ3) is 4.00. The van der Waals surface area contributed by atoms with E-state index in [4.69, 9.17) is 5.73 Å². The van der Waals surface area contributed by atoms with Crippen LogP contribution >= 0.6 is 0 Å². The van der Waals surface area contributed by atoms with E-state index in [9.17, 15) is 18.4 Å². The second-order valence-electron chi connectivity index (χ2n) is 8.42. The Kier molecular flexibility index (Phi) is 5.41. The molecule has 0 saturated carbocycles. The van der Waals surface area contributed by atoms with Crippen molar-refractivity contribution in [2.75, 3.05) is 19.6 Å². The Bertz CT molecular complexity index is 1420. The van der Waals surface area contributed by atoms with Gasteiger partial charge in [0.15, 0.2) is 0 Å². The maximum absolute atomic E-state index is 13.7. The summed E-state index contributed by atoms with van der Waals surface area (Å²) in [5.41, 5.74) is 7.57. The SMILES string of the molecule is NC(=O)c1cc2cc(F)ccc2n1C1CCN(CCn2c(=O)cnc3ccc(F)cc32)CC1. The molecule has 0 aliphatic carbocycles. The maximum Gasteiger partial charge on any atom is 0.269 e. The largest absolute Gasteiger partial charge is 0.364 e. The molecule has 170 valence electrons. The number of benzene rings is 2. The first-order chi connectivity index (χ1) is 15.9. The van der Waals surface area contributed by atoms with E-state index >= 15 is 0 Å². The van der Waals surface area contributed by atoms with Crippen LogP contribution in [0.1, 0.15) is 29.4 Å². The molecule has 3 heterocycles. The molecule has 1 aliphatic rings. The minimum atomic E-state index is -0.537. The number of piperidine rings is 1. The molecule has 1 aliphatic heterocycles. The number of nitrogens with two attached hydrogens (primary N) is 1. The molecule has 0 spiro atoms. The third-order valence-electron chi connectivity index (χ3n) is 6.42. The van der Waals surface area contributed by atoms with Crippen LogP contribution in [0.15, 0.2) is 53.5 Å². The van der Waals surface area contributed by atoms with E-state index in [0.717, 1.165) is 31.4 Å². The molecule has 7 nitrogen and oxygen atoms in total. The standard InChI is InChI=1S/C24H23F2N5O2/c25-16-2-4-20-15(11-16)12-22(24(27)33)31(20)18-5-7-29(8-6-18)9-10-30-21-13-17(26)1-3-19(21)28-14-23(30)32/h1-4,11-14,18H,5-10H2,(H2,27,33). The average molecular weight is 451 g/mol. The lowest BCUT2D eigenvalue weighted by Gasteiger charge is -2.34. The van der Waals surface area contributed by atoms with Gasteiger partial charge in [-0.15, -0.1) is 0 Å². The minimum absolute atomic E-state index is 0.0604. The highest BCUT2D eigenvalue weighted by atomic mass is 19.1. The highest BCUT2D eigenvalue weighted by Crippen LogP contribution is 2.31. The first kappa shape index (κ1) is 21.3. The second kappa shape index (κ2) is 8.40. The summed E-state index contributed by atoms with van der Waals surface area (Å²) in [5, 5.41) is 0.655. The van der Waals surface area contributed by atoms with Crippen molar-refractivity contribution in [1.29, 1.82) is 0 Å². The van der Waals surface area contributed by atoms with Crippen molar-refractivity contribution in [3.8, 4) is 0 Å². The number of carbonyl (C=O) groups excluding carboxylic acids is 1. The summed E-state index contributed by atoms with van der Waals surface area (Å²) in [7, 11) is 0. The van der Waals surface area contributed by atoms with Crippen LogP contribution in [-0.2, 0) is 6.54 Å². The van der Waals surface area contributed by atoms with Crippen LogP contribution in [0.25, 0.3) is 21.9 Å². The van der Waals surface area contributed by atoms with Crippen molar-refractivity contribution in [3.63, 3.8) is 0 Å². The molecular weight excluding hydrogens is 428 g/mol. The molecule has 0 unspecified atom stereocenters. The van der Waals surface area contributed by atoms with Crippen LogP contribution in [0.3, 0.4) is 0 Å². The van der Waals surface area contributed by atoms with Crippen LogP contribution in [-0.4, -0.2) is 44.6 Å². The smallest absolute Gasteiger partial charge is 0.269 e. The summed E-state index contributed by atoms with van der Waals surface area (Å²) in [6.45, 7) is 2.57. The summed E-state index contributed by atoms with van der Waals surface area (Å²) >= 11 is 0. The number of nitrogens with zero attached hydrogens (tertiary/aromatic N) is 4. The van der Waals surface area contributed by atoms with Crippen molar-refractivity contribution in [2.45, 2.75) is 25.4 Å². The van der Waals surface area contributed by atoms with E-state index in [0.29, 0.717) is 35.2 Å². The van der Waals surface area contributed by atoms with Crippen molar-refractivity contribution < 1.29 is 13.6 Å². The van der Waals surface area contributed by atoms with E-state index in [1.165, 1.54) is 30.5 Å². The Balaban J connectivity index is 1.32. The number of hydrogen-bond donors (Lipinski definition) is 1. The first-order valence-electron chi connectivity index (χ1n) is 10.9. The molecule has 1 fully saturated rings. The van der Waals surface area contributed by atoms with Gasteiger partial charge in [-0.3, -0.25) is 9.59 Å². The van der Waals surface area contributed by atoms with Crippen molar-refractivity contribution in [3.05, 3.63) is 76.3 Å². The lowest BCUT2D eigenvalue weighted by molar-refractivity contribution is 0.0985. The molecule has 4 aromatic rings. The monoisotopic (exact) mass is 451 g/mol. The van der Waals surface area contributed by atoms with Gasteiger partial charge in [0.05, 0.1) is 17.2 Å². The fraction of sp³-hybridized carbons (Fsp3) is 0.292. The van der Waals surface area contributed by atoms with E-state index < -0.39 is 11.7 Å². The predicted octanol–water partition coefficient (Wildman–Crippen LogP) is 3.07. The molecule has 9 heteroatoms. The molecule has 5 rings (SSSR count). The molecular formula is C24H23F2N5O2. The highest BCUT2D eigenvalue weighted by Gasteiger charge is 2.25. The highest BCUT2D eigenvalue weighted by molar-refractivity contribution is 5.98. The molecule has 2 N–H and O–H groups in total. The number of halogens is 2. The topological polar surface area (TPSA) is 86.2 Å². The van der Waals surface area contributed by atoms with Gasteiger partial charge in [-0.05, 0) is 55.3 Å². The van der Waals surface area contributed by atoms with E-state index in [-0.39, 0.29) is 17.4 Å². The fourth-order valence-electron chi connectivity index (χ4n) is 4.80. The summed E-state index contributed by atoms with van der Waals surface area (Å²) < 4.78 is 30.9. The third-order valence-corrected chi connectivity index (χ3v) is 6.42. The molecule has 33 heavy (non-hydrogen) atoms. The summed E-state index contributed by atoms with van der Waals surface area (Å²) in [4.78, 5) is 30.7. The quantitative estimate of drug-likeness (QED) is 0.505. The van der Waals surface area contributed by atoms with Gasteiger partial charge in [-0.25, -0.2) is 13.8 Å². The lowest BCUT2D eigenvalue weighted by Crippen LogP contribution is -2.38. The van der Waals surface area contributed by atoms with Crippen LogP contribution in [0.4, 0.5) is 8.78 Å². The number of amides is 1. The van der Waals surface area contributed by atoms with Crippen molar-refractivity contribution in [2.24, 2.45) is 5.73 Å². The molecule has 2 aromatic heterocycles. The van der Waals surface area contributed by atoms with Crippen molar-refractivity contribution >= 4 is 27.8 Å². The summed E-state index contributed by atoms with van der Waals surface area (Å²) in [6, 6.07) is 10.4. The number of hydrogen-bond acceptors (Lipinski definition) is 4. The molecule has 0 radical (unpaired) electrons. The number of carbonyl (C=O) groups is 1. The minimum Gasteiger partial charge on any atom is -0.364 e. The molecule has 2 aromatic carbocycles. The van der Waals surface area contributed by atoms with Gasteiger partial charge in [-0.1, -0.05) is 0 Å². The molecule has 1 saturated heterocycles. The Labute approximate surface area is 188 Å². The number of primary amides is 1.